The minimum absolute atomic E-state index is 0.0344. The highest BCUT2D eigenvalue weighted by Gasteiger charge is 2.31. The van der Waals surface area contributed by atoms with Crippen molar-refractivity contribution < 1.29 is 23.0 Å². The molecule has 1 unspecified atom stereocenters. The van der Waals surface area contributed by atoms with Crippen molar-refractivity contribution in [2.75, 3.05) is 0 Å². The molecule has 0 radical (unpaired) electrons. The molecule has 4 aromatic rings. The van der Waals surface area contributed by atoms with Crippen LogP contribution in [0.4, 0.5) is 13.2 Å². The molecular formula is C28H27ClF3N5O3. The number of aryl methyl sites for hydroxylation is 2. The van der Waals surface area contributed by atoms with E-state index in [9.17, 15) is 23.1 Å². The van der Waals surface area contributed by atoms with Gasteiger partial charge >= 0.3 is 6.36 Å². The molecule has 1 N–H and O–H groups in total. The Bertz CT molecular complexity index is 1600. The van der Waals surface area contributed by atoms with E-state index in [2.05, 4.69) is 24.7 Å². The molecule has 8 nitrogen and oxygen atoms in total. The molecule has 4 aromatic heterocycles. The standard InChI is InChI=1S/C28H27ClF3N5O3/c1-15(10-18-6-7-23(35-14-18)40-28(30,31)32)19-11-17(3)37(25(38)24(19)29)22-12-21(34-13-16(22)2)20-8-9-33-26(36-20)27(4,5)39/h6-9,11-15,39H,10H2,1-5H3. The first-order valence-corrected chi connectivity index (χ1v) is 12.7. The van der Waals surface area contributed by atoms with Crippen LogP contribution >= 0.6 is 11.6 Å². The Morgan fingerprint density at radius 3 is 2.40 bits per heavy atom. The van der Waals surface area contributed by atoms with Crippen LogP contribution in [0.15, 0.2) is 53.7 Å². The summed E-state index contributed by atoms with van der Waals surface area (Å²) in [6, 6.07) is 7.85. The third kappa shape index (κ3) is 6.48. The molecule has 0 saturated carbocycles. The largest absolute Gasteiger partial charge is 0.574 e. The van der Waals surface area contributed by atoms with E-state index < -0.39 is 23.4 Å². The highest BCUT2D eigenvalue weighted by Crippen LogP contribution is 2.29. The molecule has 0 spiro atoms. The Balaban J connectivity index is 1.66. The fourth-order valence-corrected chi connectivity index (χ4v) is 4.58. The maximum absolute atomic E-state index is 13.5. The Hall–Kier alpha value is -3.83. The number of aliphatic hydroxyl groups is 1. The summed E-state index contributed by atoms with van der Waals surface area (Å²) in [5, 5.41) is 10.3. The summed E-state index contributed by atoms with van der Waals surface area (Å²) in [7, 11) is 0. The van der Waals surface area contributed by atoms with E-state index >= 15 is 0 Å². The number of halogens is 4. The third-order valence-electron chi connectivity index (χ3n) is 6.23. The van der Waals surface area contributed by atoms with Crippen molar-refractivity contribution in [1.82, 2.24) is 24.5 Å². The molecule has 12 heteroatoms. The Kier molecular flexibility index (Phi) is 8.00. The van der Waals surface area contributed by atoms with Gasteiger partial charge in [0.15, 0.2) is 5.82 Å². The van der Waals surface area contributed by atoms with Gasteiger partial charge in [-0.25, -0.2) is 15.0 Å². The van der Waals surface area contributed by atoms with Crippen LogP contribution < -0.4 is 10.3 Å². The quantitative estimate of drug-likeness (QED) is 0.297. The predicted octanol–water partition coefficient (Wildman–Crippen LogP) is 5.83. The van der Waals surface area contributed by atoms with Crippen molar-refractivity contribution in [2.24, 2.45) is 0 Å². The molecule has 0 amide bonds. The molecule has 0 aliphatic rings. The molecule has 1 atom stereocenters. The fourth-order valence-electron chi connectivity index (χ4n) is 4.26. The maximum Gasteiger partial charge on any atom is 0.574 e. The van der Waals surface area contributed by atoms with Gasteiger partial charge in [0.1, 0.15) is 10.6 Å². The van der Waals surface area contributed by atoms with Gasteiger partial charge in [-0.05, 0) is 74.9 Å². The normalized spacial score (nSPS) is 12.8. The second-order valence-electron chi connectivity index (χ2n) is 10.0. The topological polar surface area (TPSA) is 103 Å². The molecule has 4 rings (SSSR count). The summed E-state index contributed by atoms with van der Waals surface area (Å²) in [5.74, 6) is -0.549. The SMILES string of the molecule is Cc1cnc(-c2ccnc(C(C)(C)O)n2)cc1-n1c(C)cc(C(C)Cc2ccc(OC(F)(F)F)nc2)c(Cl)c1=O. The average Bonchev–Trinajstić information content (AvgIpc) is 2.87. The summed E-state index contributed by atoms with van der Waals surface area (Å²) in [6.45, 7) is 8.65. The summed E-state index contributed by atoms with van der Waals surface area (Å²) in [5.41, 5.74) is 2.50. The molecule has 0 saturated heterocycles. The second-order valence-corrected chi connectivity index (χ2v) is 10.4. The van der Waals surface area contributed by atoms with Gasteiger partial charge in [-0.2, -0.15) is 0 Å². The Morgan fingerprint density at radius 1 is 1.05 bits per heavy atom. The number of nitrogens with zero attached hydrogens (tertiary/aromatic N) is 5. The molecule has 0 bridgehead atoms. The van der Waals surface area contributed by atoms with E-state index in [0.29, 0.717) is 40.3 Å². The highest BCUT2D eigenvalue weighted by atomic mass is 35.5. The maximum atomic E-state index is 13.5. The van der Waals surface area contributed by atoms with Crippen LogP contribution in [-0.2, 0) is 12.0 Å². The summed E-state index contributed by atoms with van der Waals surface area (Å²) >= 11 is 6.60. The zero-order chi connectivity index (χ0) is 29.4. The molecular weight excluding hydrogens is 547 g/mol. The molecule has 40 heavy (non-hydrogen) atoms. The van der Waals surface area contributed by atoms with Crippen LogP contribution in [0.3, 0.4) is 0 Å². The molecule has 4 heterocycles. The third-order valence-corrected chi connectivity index (χ3v) is 6.61. The molecule has 0 fully saturated rings. The van der Waals surface area contributed by atoms with Crippen LogP contribution in [0.2, 0.25) is 5.02 Å². The van der Waals surface area contributed by atoms with E-state index in [1.54, 1.807) is 39.1 Å². The van der Waals surface area contributed by atoms with Gasteiger partial charge in [-0.1, -0.05) is 24.6 Å². The lowest BCUT2D eigenvalue weighted by atomic mass is 9.94. The lowest BCUT2D eigenvalue weighted by Crippen LogP contribution is -2.24. The first kappa shape index (κ1) is 29.2. The number of pyridine rings is 3. The molecule has 0 aromatic carbocycles. The highest BCUT2D eigenvalue weighted by molar-refractivity contribution is 6.31. The van der Waals surface area contributed by atoms with E-state index in [0.717, 1.165) is 11.6 Å². The Labute approximate surface area is 233 Å². The van der Waals surface area contributed by atoms with Crippen LogP contribution in [0.1, 0.15) is 54.9 Å². The predicted molar refractivity (Wildman–Crippen MR) is 144 cm³/mol. The summed E-state index contributed by atoms with van der Waals surface area (Å²) < 4.78 is 42.6. The minimum atomic E-state index is -4.82. The van der Waals surface area contributed by atoms with Crippen molar-refractivity contribution in [3.05, 3.63) is 92.5 Å². The Morgan fingerprint density at radius 2 is 1.77 bits per heavy atom. The number of hydrogen-bond donors (Lipinski definition) is 1. The van der Waals surface area contributed by atoms with Crippen molar-refractivity contribution >= 4 is 11.6 Å². The molecule has 0 aliphatic heterocycles. The lowest BCUT2D eigenvalue weighted by Gasteiger charge is -2.19. The second kappa shape index (κ2) is 11.0. The summed E-state index contributed by atoms with van der Waals surface area (Å²) in [4.78, 5) is 30.3. The van der Waals surface area contributed by atoms with E-state index in [1.807, 2.05) is 19.9 Å². The van der Waals surface area contributed by atoms with E-state index in [4.69, 9.17) is 11.6 Å². The number of alkyl halides is 3. The lowest BCUT2D eigenvalue weighted by molar-refractivity contribution is -0.276. The van der Waals surface area contributed by atoms with Crippen LogP contribution in [0.25, 0.3) is 17.1 Å². The van der Waals surface area contributed by atoms with Gasteiger partial charge in [-0.15, -0.1) is 13.2 Å². The first-order valence-electron chi connectivity index (χ1n) is 12.3. The van der Waals surface area contributed by atoms with Gasteiger partial charge in [0, 0.05) is 30.4 Å². The van der Waals surface area contributed by atoms with Gasteiger partial charge < -0.3 is 9.84 Å². The number of ether oxygens (including phenoxy) is 1. The number of aromatic nitrogens is 5. The van der Waals surface area contributed by atoms with E-state index in [1.165, 1.54) is 23.0 Å². The van der Waals surface area contributed by atoms with Gasteiger partial charge in [0.25, 0.3) is 5.56 Å². The first-order chi connectivity index (χ1) is 18.6. The van der Waals surface area contributed by atoms with Crippen molar-refractivity contribution in [1.29, 1.82) is 0 Å². The minimum Gasteiger partial charge on any atom is -0.388 e. The monoisotopic (exact) mass is 573 g/mol. The van der Waals surface area contributed by atoms with Gasteiger partial charge in [-0.3, -0.25) is 14.3 Å². The zero-order valence-corrected chi connectivity index (χ0v) is 23.2. The molecule has 210 valence electrons. The van der Waals surface area contributed by atoms with Crippen molar-refractivity contribution in [2.45, 2.75) is 58.9 Å². The smallest absolute Gasteiger partial charge is 0.388 e. The van der Waals surface area contributed by atoms with Crippen LogP contribution in [-0.4, -0.2) is 36.0 Å². The number of hydrogen-bond acceptors (Lipinski definition) is 7. The number of rotatable bonds is 7. The fraction of sp³-hybridized carbons (Fsp3) is 0.321. The van der Waals surface area contributed by atoms with Crippen molar-refractivity contribution in [3.63, 3.8) is 0 Å². The van der Waals surface area contributed by atoms with Crippen LogP contribution in [0.5, 0.6) is 5.88 Å². The van der Waals surface area contributed by atoms with Crippen LogP contribution in [0, 0.1) is 13.8 Å². The van der Waals surface area contributed by atoms with Gasteiger partial charge in [0.2, 0.25) is 5.88 Å². The molecule has 0 aliphatic carbocycles. The zero-order valence-electron chi connectivity index (χ0n) is 22.4. The van der Waals surface area contributed by atoms with Gasteiger partial charge in [0.05, 0.1) is 17.1 Å². The average molecular weight is 574 g/mol. The van der Waals surface area contributed by atoms with E-state index in [-0.39, 0.29) is 16.8 Å². The van der Waals surface area contributed by atoms with Crippen molar-refractivity contribution in [3.8, 4) is 23.0 Å². The summed E-state index contributed by atoms with van der Waals surface area (Å²) in [6.07, 6.45) is 0.0358.